The lowest BCUT2D eigenvalue weighted by Crippen LogP contribution is -2.11. The maximum Gasteiger partial charge on any atom is 0.136 e. The Morgan fingerprint density at radius 1 is 0.356 bits per heavy atom. The van der Waals surface area contributed by atoms with E-state index in [1.165, 1.54) is 48.9 Å². The Kier molecular flexibility index (Phi) is 7.54. The number of anilines is 3. The molecule has 0 amide bonds. The Hall–Kier alpha value is -7.88. The number of para-hydroxylation sites is 4. The van der Waals surface area contributed by atoms with Gasteiger partial charge < -0.3 is 13.9 Å². The third kappa shape index (κ3) is 5.36. The minimum absolute atomic E-state index is 0.884. The van der Waals surface area contributed by atoms with Crippen LogP contribution in [-0.4, -0.2) is 4.57 Å². The minimum atomic E-state index is 0.884. The molecular weight excluding hydrogens is 717 g/mol. The van der Waals surface area contributed by atoms with E-state index in [-0.39, 0.29) is 0 Å². The first-order valence-electron chi connectivity index (χ1n) is 20.2. The zero-order valence-corrected chi connectivity index (χ0v) is 32.1. The van der Waals surface area contributed by atoms with Gasteiger partial charge in [-0.1, -0.05) is 152 Å². The molecular formula is C56H36N2O. The molecule has 3 nitrogen and oxygen atoms in total. The van der Waals surface area contributed by atoms with Crippen molar-refractivity contribution in [1.82, 2.24) is 4.57 Å². The van der Waals surface area contributed by atoms with Gasteiger partial charge in [0.1, 0.15) is 11.2 Å². The zero-order valence-electron chi connectivity index (χ0n) is 32.1. The van der Waals surface area contributed by atoms with Crippen molar-refractivity contribution >= 4 is 82.4 Å². The van der Waals surface area contributed by atoms with E-state index in [0.717, 1.165) is 61.4 Å². The van der Waals surface area contributed by atoms with Crippen LogP contribution in [0.5, 0.6) is 0 Å². The SMILES string of the molecule is c1cc(-c2ccc(N(c3ccc4c(ccc5ccccc54)c3)c3ccccc3-c3cccc4oc5ccccc5c34)cc2)cc(-n2c3ccccc3c3ccccc32)c1. The molecule has 0 aliphatic carbocycles. The summed E-state index contributed by atoms with van der Waals surface area (Å²) in [4.78, 5) is 2.41. The van der Waals surface area contributed by atoms with Crippen LogP contribution in [0.4, 0.5) is 17.1 Å². The fourth-order valence-electron chi connectivity index (χ4n) is 9.29. The normalized spacial score (nSPS) is 11.7. The summed E-state index contributed by atoms with van der Waals surface area (Å²) in [6.07, 6.45) is 0. The van der Waals surface area contributed by atoms with Crippen molar-refractivity contribution in [2.24, 2.45) is 0 Å². The molecule has 0 aliphatic heterocycles. The number of benzene rings is 10. The number of nitrogens with zero attached hydrogens (tertiary/aromatic N) is 2. The molecule has 2 heterocycles. The van der Waals surface area contributed by atoms with Crippen molar-refractivity contribution in [2.45, 2.75) is 0 Å². The average Bonchev–Trinajstić information content (AvgIpc) is 3.86. The highest BCUT2D eigenvalue weighted by molar-refractivity contribution is 6.14. The first-order valence-corrected chi connectivity index (χ1v) is 20.2. The van der Waals surface area contributed by atoms with Gasteiger partial charge in [-0.15, -0.1) is 0 Å². The molecule has 0 N–H and O–H groups in total. The molecule has 12 rings (SSSR count). The standard InChI is InChI=1S/C56H36N2O/c1-2-16-44-38(13-1)27-28-40-36-43(33-34-45(40)44)57(51-22-7-5-19-48(51)49-21-12-26-55-56(49)50-20-6-10-25-54(50)59-55)41-31-29-37(30-32-41)39-14-11-15-42(35-39)58-52-23-8-3-17-46(52)47-18-4-9-24-53(47)58/h1-36H. The van der Waals surface area contributed by atoms with Crippen LogP contribution in [-0.2, 0) is 0 Å². The highest BCUT2D eigenvalue weighted by Gasteiger charge is 2.21. The molecule has 59 heavy (non-hydrogen) atoms. The van der Waals surface area contributed by atoms with Crippen molar-refractivity contribution < 1.29 is 4.42 Å². The molecule has 0 unspecified atom stereocenters. The van der Waals surface area contributed by atoms with Gasteiger partial charge in [0, 0.05) is 44.2 Å². The fraction of sp³-hybridized carbons (Fsp3) is 0. The summed E-state index contributed by atoms with van der Waals surface area (Å²) >= 11 is 0. The smallest absolute Gasteiger partial charge is 0.136 e. The topological polar surface area (TPSA) is 21.3 Å². The second-order valence-electron chi connectivity index (χ2n) is 15.3. The summed E-state index contributed by atoms with van der Waals surface area (Å²) in [6, 6.07) is 78.8. The Morgan fingerprint density at radius 2 is 0.966 bits per heavy atom. The lowest BCUT2D eigenvalue weighted by Gasteiger charge is -2.28. The van der Waals surface area contributed by atoms with Crippen LogP contribution < -0.4 is 4.90 Å². The third-order valence-corrected chi connectivity index (χ3v) is 12.0. The molecule has 0 saturated heterocycles. The van der Waals surface area contributed by atoms with E-state index in [1.807, 2.05) is 6.07 Å². The summed E-state index contributed by atoms with van der Waals surface area (Å²) in [5, 5.41) is 9.71. The van der Waals surface area contributed by atoms with Crippen LogP contribution in [0, 0.1) is 0 Å². The lowest BCUT2D eigenvalue weighted by molar-refractivity contribution is 0.669. The predicted octanol–water partition coefficient (Wildman–Crippen LogP) is 15.8. The van der Waals surface area contributed by atoms with E-state index >= 15 is 0 Å². The monoisotopic (exact) mass is 752 g/mol. The van der Waals surface area contributed by atoms with Gasteiger partial charge in [-0.2, -0.15) is 0 Å². The molecule has 12 aromatic rings. The molecule has 2 aromatic heterocycles. The van der Waals surface area contributed by atoms with Gasteiger partial charge >= 0.3 is 0 Å². The Labute approximate surface area is 341 Å². The molecule has 0 spiro atoms. The molecule has 276 valence electrons. The van der Waals surface area contributed by atoms with Crippen LogP contribution in [0.2, 0.25) is 0 Å². The Balaban J connectivity index is 1.02. The fourth-order valence-corrected chi connectivity index (χ4v) is 9.29. The summed E-state index contributed by atoms with van der Waals surface area (Å²) in [5.74, 6) is 0. The Morgan fingerprint density at radius 3 is 1.80 bits per heavy atom. The van der Waals surface area contributed by atoms with Crippen molar-refractivity contribution in [2.75, 3.05) is 4.90 Å². The highest BCUT2D eigenvalue weighted by Crippen LogP contribution is 2.46. The van der Waals surface area contributed by atoms with Gasteiger partial charge in [0.05, 0.1) is 16.7 Å². The van der Waals surface area contributed by atoms with Gasteiger partial charge in [-0.05, 0) is 105 Å². The summed E-state index contributed by atoms with van der Waals surface area (Å²) in [7, 11) is 0. The molecule has 0 bridgehead atoms. The summed E-state index contributed by atoms with van der Waals surface area (Å²) < 4.78 is 8.76. The first kappa shape index (κ1) is 33.3. The zero-order chi connectivity index (χ0) is 38.9. The molecule has 0 atom stereocenters. The number of rotatable bonds is 6. The number of hydrogen-bond acceptors (Lipinski definition) is 2. The van der Waals surface area contributed by atoms with E-state index in [4.69, 9.17) is 4.42 Å². The van der Waals surface area contributed by atoms with Crippen molar-refractivity contribution in [3.05, 3.63) is 218 Å². The molecule has 0 fully saturated rings. The van der Waals surface area contributed by atoms with Crippen LogP contribution in [0.3, 0.4) is 0 Å². The number of aromatic nitrogens is 1. The first-order chi connectivity index (χ1) is 29.3. The highest BCUT2D eigenvalue weighted by atomic mass is 16.3. The van der Waals surface area contributed by atoms with E-state index in [9.17, 15) is 0 Å². The molecule has 10 aromatic carbocycles. The van der Waals surface area contributed by atoms with E-state index in [1.54, 1.807) is 0 Å². The maximum absolute atomic E-state index is 6.38. The van der Waals surface area contributed by atoms with Crippen molar-refractivity contribution in [3.63, 3.8) is 0 Å². The number of hydrogen-bond donors (Lipinski definition) is 0. The summed E-state index contributed by atoms with van der Waals surface area (Å²) in [6.45, 7) is 0. The maximum atomic E-state index is 6.38. The molecule has 3 heteroatoms. The van der Waals surface area contributed by atoms with Gasteiger partial charge in [0.2, 0.25) is 0 Å². The molecule has 0 aliphatic rings. The van der Waals surface area contributed by atoms with E-state index < -0.39 is 0 Å². The van der Waals surface area contributed by atoms with Crippen molar-refractivity contribution in [1.29, 1.82) is 0 Å². The molecule has 0 saturated carbocycles. The molecule has 0 radical (unpaired) electrons. The third-order valence-electron chi connectivity index (χ3n) is 12.0. The number of fused-ring (bicyclic) bond motifs is 9. The summed E-state index contributed by atoms with van der Waals surface area (Å²) in [5.41, 5.74) is 13.2. The van der Waals surface area contributed by atoms with Crippen molar-refractivity contribution in [3.8, 4) is 27.9 Å². The second-order valence-corrected chi connectivity index (χ2v) is 15.3. The second kappa shape index (κ2) is 13.4. The van der Waals surface area contributed by atoms with Crippen LogP contribution in [0.15, 0.2) is 223 Å². The van der Waals surface area contributed by atoms with E-state index in [2.05, 4.69) is 222 Å². The van der Waals surface area contributed by atoms with Crippen LogP contribution in [0.25, 0.3) is 93.2 Å². The minimum Gasteiger partial charge on any atom is -0.456 e. The van der Waals surface area contributed by atoms with E-state index in [0.29, 0.717) is 0 Å². The average molecular weight is 753 g/mol. The van der Waals surface area contributed by atoms with Gasteiger partial charge in [0.15, 0.2) is 0 Å². The van der Waals surface area contributed by atoms with Crippen LogP contribution >= 0.6 is 0 Å². The quantitative estimate of drug-likeness (QED) is 0.158. The van der Waals surface area contributed by atoms with Gasteiger partial charge in [-0.3, -0.25) is 0 Å². The predicted molar refractivity (Wildman–Crippen MR) is 249 cm³/mol. The Bertz CT molecular complexity index is 3520. The largest absolute Gasteiger partial charge is 0.456 e. The lowest BCUT2D eigenvalue weighted by atomic mass is 9.96. The number of furan rings is 1. The van der Waals surface area contributed by atoms with Gasteiger partial charge in [0.25, 0.3) is 0 Å². The van der Waals surface area contributed by atoms with Gasteiger partial charge in [-0.25, -0.2) is 0 Å². The van der Waals surface area contributed by atoms with Crippen LogP contribution in [0.1, 0.15) is 0 Å².